The zero-order valence-electron chi connectivity index (χ0n) is 23.7. The maximum Gasteiger partial charge on any atom is 0.264 e. The number of sulfonamides is 1. The molecule has 0 unspecified atom stereocenters. The topological polar surface area (TPSA) is 96.0 Å². The lowest BCUT2D eigenvalue weighted by Crippen LogP contribution is -2.55. The summed E-state index contributed by atoms with van der Waals surface area (Å²) < 4.78 is 47.5. The molecule has 3 rings (SSSR count). The van der Waals surface area contributed by atoms with Gasteiger partial charge in [-0.05, 0) is 75.2 Å². The highest BCUT2D eigenvalue weighted by Crippen LogP contribution is 2.32. The van der Waals surface area contributed by atoms with E-state index in [9.17, 15) is 22.4 Å². The van der Waals surface area contributed by atoms with E-state index in [0.29, 0.717) is 11.3 Å². The molecule has 0 aliphatic heterocycles. The molecule has 0 spiro atoms. The number of amides is 2. The number of ether oxygens (including phenoxy) is 1. The van der Waals surface area contributed by atoms with Crippen molar-refractivity contribution in [3.05, 3.63) is 89.2 Å². The number of hydrogen-bond donors (Lipinski definition) is 1. The van der Waals surface area contributed by atoms with E-state index in [1.165, 1.54) is 66.6 Å². The molecule has 8 nitrogen and oxygen atoms in total. The van der Waals surface area contributed by atoms with E-state index in [4.69, 9.17) is 16.3 Å². The number of carbonyl (C=O) groups is 2. The molecule has 41 heavy (non-hydrogen) atoms. The van der Waals surface area contributed by atoms with E-state index < -0.39 is 39.9 Å². The summed E-state index contributed by atoms with van der Waals surface area (Å²) >= 11 is 6.34. The van der Waals surface area contributed by atoms with Gasteiger partial charge in [-0.1, -0.05) is 48.9 Å². The Kier molecular flexibility index (Phi) is 10.4. The molecule has 1 atom stereocenters. The number of halogens is 2. The first-order chi connectivity index (χ1) is 19.3. The maximum atomic E-state index is 14.1. The van der Waals surface area contributed by atoms with Gasteiger partial charge in [-0.25, -0.2) is 12.8 Å². The van der Waals surface area contributed by atoms with Crippen LogP contribution >= 0.6 is 11.6 Å². The fraction of sp³-hybridized carbons (Fsp3) is 0.333. The molecule has 2 amide bonds. The number of nitrogens with one attached hydrogen (secondary N) is 1. The van der Waals surface area contributed by atoms with Crippen molar-refractivity contribution in [2.24, 2.45) is 0 Å². The third kappa shape index (κ3) is 8.20. The van der Waals surface area contributed by atoms with Crippen LogP contribution in [0.15, 0.2) is 77.7 Å². The van der Waals surface area contributed by atoms with Gasteiger partial charge in [0.1, 0.15) is 24.2 Å². The van der Waals surface area contributed by atoms with Crippen LogP contribution < -0.4 is 14.4 Å². The van der Waals surface area contributed by atoms with Gasteiger partial charge in [0.05, 0.1) is 22.7 Å². The van der Waals surface area contributed by atoms with Crippen molar-refractivity contribution in [2.75, 3.05) is 18.0 Å². The number of benzene rings is 3. The molecule has 0 fully saturated rings. The van der Waals surface area contributed by atoms with Crippen molar-refractivity contribution in [1.82, 2.24) is 10.2 Å². The maximum absolute atomic E-state index is 14.1. The first kappa shape index (κ1) is 31.9. The zero-order chi connectivity index (χ0) is 30.4. The molecule has 0 saturated heterocycles. The van der Waals surface area contributed by atoms with Gasteiger partial charge in [0.2, 0.25) is 11.8 Å². The standard InChI is InChI=1S/C30H35ClFN3O5S/c1-6-26(29(37)33-30(2,3)4)34(19-21-12-14-22(32)15-13-21)28(36)20-35(23-16-17-27(40-5)25(31)18-23)41(38,39)24-10-8-7-9-11-24/h7-18,26H,6,19-20H2,1-5H3,(H,33,37)/t26-/m0/s1. The molecule has 0 radical (unpaired) electrons. The Bertz CT molecular complexity index is 1460. The van der Waals surface area contributed by atoms with Crippen molar-refractivity contribution in [3.8, 4) is 5.75 Å². The van der Waals surface area contributed by atoms with Crippen LogP contribution in [0.2, 0.25) is 5.02 Å². The summed E-state index contributed by atoms with van der Waals surface area (Å²) in [5.41, 5.74) is 0.145. The second-order valence-electron chi connectivity index (χ2n) is 10.5. The molecule has 0 saturated carbocycles. The average Bonchev–Trinajstić information content (AvgIpc) is 2.92. The average molecular weight is 604 g/mol. The minimum Gasteiger partial charge on any atom is -0.495 e. The monoisotopic (exact) mass is 603 g/mol. The fourth-order valence-electron chi connectivity index (χ4n) is 4.22. The second kappa shape index (κ2) is 13.4. The zero-order valence-corrected chi connectivity index (χ0v) is 25.3. The van der Waals surface area contributed by atoms with Crippen molar-refractivity contribution < 1.29 is 27.1 Å². The summed E-state index contributed by atoms with van der Waals surface area (Å²) in [4.78, 5) is 28.7. The normalized spacial score (nSPS) is 12.4. The predicted octanol–water partition coefficient (Wildman–Crippen LogP) is 5.41. The molecular formula is C30H35ClFN3O5S. The Hall–Kier alpha value is -3.63. The van der Waals surface area contributed by atoms with Crippen molar-refractivity contribution in [3.63, 3.8) is 0 Å². The van der Waals surface area contributed by atoms with E-state index in [2.05, 4.69) is 5.32 Å². The number of anilines is 1. The molecule has 0 aliphatic rings. The molecule has 3 aromatic carbocycles. The number of hydrogen-bond acceptors (Lipinski definition) is 5. The van der Waals surface area contributed by atoms with Gasteiger partial charge in [0, 0.05) is 12.1 Å². The van der Waals surface area contributed by atoms with E-state index in [0.717, 1.165) is 4.31 Å². The van der Waals surface area contributed by atoms with E-state index in [1.54, 1.807) is 25.1 Å². The highest BCUT2D eigenvalue weighted by Gasteiger charge is 2.34. The number of rotatable bonds is 11. The van der Waals surface area contributed by atoms with Crippen LogP contribution in [-0.4, -0.2) is 50.4 Å². The summed E-state index contributed by atoms with van der Waals surface area (Å²) in [5, 5.41) is 3.06. The molecular weight excluding hydrogens is 569 g/mol. The Morgan fingerprint density at radius 3 is 2.20 bits per heavy atom. The third-order valence-electron chi connectivity index (χ3n) is 6.18. The number of carbonyl (C=O) groups excluding carboxylic acids is 2. The lowest BCUT2D eigenvalue weighted by molar-refractivity contribution is -0.141. The molecule has 220 valence electrons. The van der Waals surface area contributed by atoms with Gasteiger partial charge < -0.3 is 15.0 Å². The van der Waals surface area contributed by atoms with Gasteiger partial charge in [-0.2, -0.15) is 0 Å². The smallest absolute Gasteiger partial charge is 0.264 e. The van der Waals surface area contributed by atoms with E-state index in [-0.39, 0.29) is 34.5 Å². The molecule has 0 heterocycles. The lowest BCUT2D eigenvalue weighted by Gasteiger charge is -2.34. The number of methoxy groups -OCH3 is 1. The van der Waals surface area contributed by atoms with Crippen molar-refractivity contribution >= 4 is 39.1 Å². The van der Waals surface area contributed by atoms with Crippen LogP contribution in [0.1, 0.15) is 39.7 Å². The highest BCUT2D eigenvalue weighted by molar-refractivity contribution is 7.92. The molecule has 0 aromatic heterocycles. The fourth-order valence-corrected chi connectivity index (χ4v) is 5.90. The quantitative estimate of drug-likeness (QED) is 0.316. The van der Waals surface area contributed by atoms with Crippen LogP contribution in [0.3, 0.4) is 0 Å². The number of nitrogens with zero attached hydrogens (tertiary/aromatic N) is 2. The first-order valence-corrected chi connectivity index (χ1v) is 14.9. The SMILES string of the molecule is CC[C@@H](C(=O)NC(C)(C)C)N(Cc1ccc(F)cc1)C(=O)CN(c1ccc(OC)c(Cl)c1)S(=O)(=O)c1ccccc1. The van der Waals surface area contributed by atoms with E-state index in [1.807, 2.05) is 20.8 Å². The van der Waals surface area contributed by atoms with Crippen LogP contribution in [0.5, 0.6) is 5.75 Å². The summed E-state index contributed by atoms with van der Waals surface area (Å²) in [6.45, 7) is 6.57. The summed E-state index contributed by atoms with van der Waals surface area (Å²) in [7, 11) is -2.81. The molecule has 3 aromatic rings. The third-order valence-corrected chi connectivity index (χ3v) is 8.27. The summed E-state index contributed by atoms with van der Waals surface area (Å²) in [6.07, 6.45) is 0.259. The largest absolute Gasteiger partial charge is 0.495 e. The molecule has 11 heteroatoms. The summed E-state index contributed by atoms with van der Waals surface area (Å²) in [6, 6.07) is 16.8. The Balaban J connectivity index is 2.09. The molecule has 0 bridgehead atoms. The van der Waals surface area contributed by atoms with Gasteiger partial charge in [-0.15, -0.1) is 0 Å². The van der Waals surface area contributed by atoms with Gasteiger partial charge in [0.15, 0.2) is 0 Å². The Morgan fingerprint density at radius 1 is 1.02 bits per heavy atom. The molecule has 1 N–H and O–H groups in total. The highest BCUT2D eigenvalue weighted by atomic mass is 35.5. The second-order valence-corrected chi connectivity index (χ2v) is 12.7. The first-order valence-electron chi connectivity index (χ1n) is 13.0. The van der Waals surface area contributed by atoms with Crippen molar-refractivity contribution in [1.29, 1.82) is 0 Å². The van der Waals surface area contributed by atoms with Crippen LogP contribution in [0.4, 0.5) is 10.1 Å². The van der Waals surface area contributed by atoms with E-state index >= 15 is 0 Å². The minimum atomic E-state index is -4.24. The Labute approximate surface area is 246 Å². The minimum absolute atomic E-state index is 0.0256. The lowest BCUT2D eigenvalue weighted by atomic mass is 10.1. The van der Waals surface area contributed by atoms with Crippen LogP contribution in [0, 0.1) is 5.82 Å². The van der Waals surface area contributed by atoms with Gasteiger partial charge in [-0.3, -0.25) is 13.9 Å². The van der Waals surface area contributed by atoms with Crippen LogP contribution in [-0.2, 0) is 26.2 Å². The molecule has 0 aliphatic carbocycles. The predicted molar refractivity (Wildman–Crippen MR) is 158 cm³/mol. The Morgan fingerprint density at radius 2 is 1.66 bits per heavy atom. The van der Waals surface area contributed by atoms with Crippen LogP contribution in [0.25, 0.3) is 0 Å². The summed E-state index contributed by atoms with van der Waals surface area (Å²) in [5.74, 6) is -1.13. The van der Waals surface area contributed by atoms with Gasteiger partial charge in [0.25, 0.3) is 10.0 Å². The van der Waals surface area contributed by atoms with Crippen molar-refractivity contribution in [2.45, 2.75) is 57.1 Å². The van der Waals surface area contributed by atoms with Gasteiger partial charge >= 0.3 is 0 Å².